The predicted octanol–water partition coefficient (Wildman–Crippen LogP) is -0.0281. The average molecular weight is 208 g/mol. The van der Waals surface area contributed by atoms with Crippen LogP contribution in [0.25, 0.3) is 0 Å². The van der Waals surface area contributed by atoms with Gasteiger partial charge >= 0.3 is 0 Å². The minimum Gasteiger partial charge on any atom is -0.384 e. The molecule has 0 unspecified atom stereocenters. The first-order valence-electron chi connectivity index (χ1n) is 4.83. The van der Waals surface area contributed by atoms with Crippen LogP contribution in [0.5, 0.6) is 0 Å². The van der Waals surface area contributed by atoms with Crippen molar-refractivity contribution in [3.05, 3.63) is 30.1 Å². The van der Waals surface area contributed by atoms with Crippen molar-refractivity contribution in [2.24, 2.45) is 5.73 Å². The van der Waals surface area contributed by atoms with Gasteiger partial charge in [-0.3, -0.25) is 10.4 Å². The molecule has 0 aromatic carbocycles. The first kappa shape index (κ1) is 11.6. The van der Waals surface area contributed by atoms with Gasteiger partial charge in [0.2, 0.25) is 0 Å². The molecular weight excluding hydrogens is 192 g/mol. The zero-order valence-electron chi connectivity index (χ0n) is 8.57. The summed E-state index contributed by atoms with van der Waals surface area (Å²) in [7, 11) is 0. The van der Waals surface area contributed by atoms with E-state index in [4.69, 9.17) is 15.9 Å². The molecule has 2 heterocycles. The molecule has 1 aromatic heterocycles. The Morgan fingerprint density at radius 3 is 2.47 bits per heavy atom. The van der Waals surface area contributed by atoms with Crippen LogP contribution >= 0.6 is 0 Å². The number of ether oxygens (including phenoxy) is 1. The summed E-state index contributed by atoms with van der Waals surface area (Å²) in [6.07, 6.45) is 3.20. The lowest BCUT2D eigenvalue weighted by Crippen LogP contribution is -2.30. The topological polar surface area (TPSA) is 84.0 Å². The minimum absolute atomic E-state index is 0.0584. The molecule has 0 radical (unpaired) electrons. The third-order valence-electron chi connectivity index (χ3n) is 1.82. The number of nitrogen functional groups attached to an aromatic ring is 1. The Morgan fingerprint density at radius 2 is 2.20 bits per heavy atom. The van der Waals surface area contributed by atoms with E-state index in [9.17, 15) is 0 Å². The van der Waals surface area contributed by atoms with Crippen molar-refractivity contribution in [1.82, 2.24) is 10.3 Å². The summed E-state index contributed by atoms with van der Waals surface area (Å²) in [6.45, 7) is 3.83. The number of amidine groups is 1. The van der Waals surface area contributed by atoms with Crippen LogP contribution < -0.4 is 11.1 Å². The van der Waals surface area contributed by atoms with Crippen molar-refractivity contribution in [3.8, 4) is 0 Å². The van der Waals surface area contributed by atoms with Gasteiger partial charge in [-0.05, 0) is 12.1 Å². The first-order valence-corrected chi connectivity index (χ1v) is 4.83. The average Bonchev–Trinajstić information content (AvgIpc) is 2.33. The molecule has 0 spiro atoms. The maximum absolute atomic E-state index is 6.97. The van der Waals surface area contributed by atoms with E-state index in [2.05, 4.69) is 10.3 Å². The largest absolute Gasteiger partial charge is 0.384 e. The monoisotopic (exact) mass is 208 g/mol. The fourth-order valence-corrected chi connectivity index (χ4v) is 1.04. The summed E-state index contributed by atoms with van der Waals surface area (Å²) in [5, 5.41) is 10.1. The van der Waals surface area contributed by atoms with Gasteiger partial charge in [0.25, 0.3) is 0 Å². The lowest BCUT2D eigenvalue weighted by atomic mass is 10.3. The first-order chi connectivity index (χ1) is 7.30. The van der Waals surface area contributed by atoms with Crippen molar-refractivity contribution in [1.29, 1.82) is 5.41 Å². The predicted molar refractivity (Wildman–Crippen MR) is 58.9 cm³/mol. The van der Waals surface area contributed by atoms with Crippen LogP contribution in [0.1, 0.15) is 5.56 Å². The van der Waals surface area contributed by atoms with Crippen LogP contribution in [0, 0.1) is 5.41 Å². The summed E-state index contributed by atoms with van der Waals surface area (Å²) < 4.78 is 5.01. The highest BCUT2D eigenvalue weighted by atomic mass is 16.5. The normalized spacial score (nSPS) is 14.9. The molecule has 15 heavy (non-hydrogen) atoms. The highest BCUT2D eigenvalue weighted by Gasteiger charge is 1.93. The highest BCUT2D eigenvalue weighted by Crippen LogP contribution is 1.91. The molecule has 1 aromatic rings. The number of hydrogen-bond donors (Lipinski definition) is 3. The summed E-state index contributed by atoms with van der Waals surface area (Å²) in [5.74, 6) is 0.0584. The fraction of sp³-hybridized carbons (Fsp3) is 0.400. The Hall–Kier alpha value is -1.46. The van der Waals surface area contributed by atoms with Crippen LogP contribution in [0.4, 0.5) is 0 Å². The Labute approximate surface area is 89.2 Å². The second-order valence-corrected chi connectivity index (χ2v) is 3.02. The summed E-state index contributed by atoms with van der Waals surface area (Å²) in [4.78, 5) is 3.79. The Bertz CT molecular complexity index is 273. The van der Waals surface area contributed by atoms with Gasteiger partial charge in [-0.15, -0.1) is 0 Å². The molecule has 1 fully saturated rings. The van der Waals surface area contributed by atoms with Crippen molar-refractivity contribution < 1.29 is 4.74 Å². The van der Waals surface area contributed by atoms with Crippen LogP contribution in [0.3, 0.4) is 0 Å². The smallest absolute Gasteiger partial charge is 0.124 e. The van der Waals surface area contributed by atoms with Gasteiger partial charge in [0.15, 0.2) is 0 Å². The van der Waals surface area contributed by atoms with E-state index in [1.807, 2.05) is 0 Å². The third kappa shape index (κ3) is 5.09. The summed E-state index contributed by atoms with van der Waals surface area (Å²) in [6, 6.07) is 3.49. The Morgan fingerprint density at radius 1 is 1.47 bits per heavy atom. The van der Waals surface area contributed by atoms with Crippen molar-refractivity contribution >= 4 is 5.84 Å². The fourth-order valence-electron chi connectivity index (χ4n) is 1.04. The molecular formula is C10H16N4O. The quantitative estimate of drug-likeness (QED) is 0.447. The molecule has 5 heteroatoms. The van der Waals surface area contributed by atoms with E-state index in [0.29, 0.717) is 5.56 Å². The van der Waals surface area contributed by atoms with Crippen LogP contribution in [-0.4, -0.2) is 37.1 Å². The molecule has 1 aliphatic heterocycles. The van der Waals surface area contributed by atoms with Gasteiger partial charge < -0.3 is 15.8 Å². The lowest BCUT2D eigenvalue weighted by molar-refractivity contribution is 0.109. The molecule has 4 N–H and O–H groups in total. The van der Waals surface area contributed by atoms with Crippen LogP contribution in [0.2, 0.25) is 0 Å². The second-order valence-electron chi connectivity index (χ2n) is 3.02. The number of pyridine rings is 1. The number of nitrogens with one attached hydrogen (secondary N) is 2. The van der Waals surface area contributed by atoms with Gasteiger partial charge in [0.05, 0.1) is 13.2 Å². The number of morpholine rings is 1. The SMILES string of the molecule is C1COCCN1.N=C(N)c1cccnc1. The molecule has 1 saturated heterocycles. The minimum atomic E-state index is 0.0584. The van der Waals surface area contributed by atoms with E-state index in [0.717, 1.165) is 26.3 Å². The number of hydrogen-bond acceptors (Lipinski definition) is 4. The maximum Gasteiger partial charge on any atom is 0.124 e. The molecule has 82 valence electrons. The van der Waals surface area contributed by atoms with Gasteiger partial charge in [0.1, 0.15) is 5.84 Å². The number of nitrogens with zero attached hydrogens (tertiary/aromatic N) is 1. The Kier molecular flexibility index (Phi) is 5.35. The van der Waals surface area contributed by atoms with E-state index in [-0.39, 0.29) is 5.84 Å². The van der Waals surface area contributed by atoms with E-state index >= 15 is 0 Å². The summed E-state index contributed by atoms with van der Waals surface area (Å²) in [5.41, 5.74) is 5.82. The molecule has 0 saturated carbocycles. The number of aromatic nitrogens is 1. The van der Waals surface area contributed by atoms with Crippen molar-refractivity contribution in [2.75, 3.05) is 26.3 Å². The number of rotatable bonds is 1. The van der Waals surface area contributed by atoms with Crippen molar-refractivity contribution in [3.63, 3.8) is 0 Å². The Balaban J connectivity index is 0.000000162. The molecule has 0 bridgehead atoms. The molecule has 2 rings (SSSR count). The van der Waals surface area contributed by atoms with Crippen LogP contribution in [-0.2, 0) is 4.74 Å². The number of nitrogens with two attached hydrogens (primary N) is 1. The second kappa shape index (κ2) is 6.92. The lowest BCUT2D eigenvalue weighted by Gasteiger charge is -2.10. The summed E-state index contributed by atoms with van der Waals surface area (Å²) >= 11 is 0. The van der Waals surface area contributed by atoms with Crippen LogP contribution in [0.15, 0.2) is 24.5 Å². The molecule has 0 aliphatic carbocycles. The molecule has 0 atom stereocenters. The highest BCUT2D eigenvalue weighted by molar-refractivity contribution is 5.94. The third-order valence-corrected chi connectivity index (χ3v) is 1.82. The van der Waals surface area contributed by atoms with E-state index in [1.54, 1.807) is 24.5 Å². The molecule has 1 aliphatic rings. The zero-order valence-corrected chi connectivity index (χ0v) is 8.57. The maximum atomic E-state index is 6.97. The van der Waals surface area contributed by atoms with Gasteiger partial charge in [-0.25, -0.2) is 0 Å². The van der Waals surface area contributed by atoms with Crippen molar-refractivity contribution in [2.45, 2.75) is 0 Å². The standard InChI is InChI=1S/C6H7N3.C4H9NO/c7-6(8)5-2-1-3-9-4-5;1-3-6-4-2-5-1/h1-4H,(H3,7,8);5H,1-4H2. The van der Waals surface area contributed by atoms with Gasteiger partial charge in [-0.2, -0.15) is 0 Å². The zero-order chi connectivity index (χ0) is 10.9. The molecule has 0 amide bonds. The molecule has 5 nitrogen and oxygen atoms in total. The van der Waals surface area contributed by atoms with Gasteiger partial charge in [0, 0.05) is 31.0 Å². The van der Waals surface area contributed by atoms with Gasteiger partial charge in [-0.1, -0.05) is 0 Å². The van der Waals surface area contributed by atoms with E-state index in [1.165, 1.54) is 0 Å². The van der Waals surface area contributed by atoms with E-state index < -0.39 is 0 Å².